The number of nitrogens with two attached hydrogens (primary N) is 1. The first-order chi connectivity index (χ1) is 12.6. The van der Waals surface area contributed by atoms with E-state index in [9.17, 15) is 0 Å². The lowest BCUT2D eigenvalue weighted by Gasteiger charge is -2.08. The number of fused-ring (bicyclic) bond motifs is 1. The molecule has 0 fully saturated rings. The van der Waals surface area contributed by atoms with Crippen LogP contribution >= 0.6 is 0 Å². The lowest BCUT2D eigenvalue weighted by atomic mass is 10.00. The first-order valence-corrected chi connectivity index (χ1v) is 8.89. The first-order valence-electron chi connectivity index (χ1n) is 8.89. The van der Waals surface area contributed by atoms with Crippen LogP contribution in [0.3, 0.4) is 0 Å². The number of benzene rings is 1. The highest BCUT2D eigenvalue weighted by molar-refractivity contribution is 5.94. The monoisotopic (exact) mass is 346 g/mol. The fourth-order valence-corrected chi connectivity index (χ4v) is 3.34. The highest BCUT2D eigenvalue weighted by Gasteiger charge is 2.16. The summed E-state index contributed by atoms with van der Waals surface area (Å²) in [5.74, 6) is 0.810. The number of nitrogen functional groups attached to an aromatic ring is 1. The standard InChI is InChI=1S/C20H22N6/c1-4-16-17(5-2)24-20(23-16)19-13-8-12(6-7-18(13)25-26-19)14-9-22-10-15(21)11(14)3/h6-10H,4-5,21H2,1-3H3,(H,23,24)(H,25,26). The summed E-state index contributed by atoms with van der Waals surface area (Å²) in [7, 11) is 0. The zero-order valence-corrected chi connectivity index (χ0v) is 15.2. The number of nitrogens with one attached hydrogen (secondary N) is 2. The molecule has 0 aliphatic carbocycles. The summed E-state index contributed by atoms with van der Waals surface area (Å²) in [6.07, 6.45) is 5.37. The Bertz CT molecular complexity index is 1070. The van der Waals surface area contributed by atoms with Gasteiger partial charge in [-0.2, -0.15) is 5.10 Å². The van der Waals surface area contributed by atoms with Crippen LogP contribution in [0, 0.1) is 6.92 Å². The molecule has 1 aromatic carbocycles. The van der Waals surface area contributed by atoms with Crippen molar-refractivity contribution in [2.24, 2.45) is 0 Å². The van der Waals surface area contributed by atoms with Gasteiger partial charge in [0, 0.05) is 22.8 Å². The molecule has 4 rings (SSSR count). The highest BCUT2D eigenvalue weighted by Crippen LogP contribution is 2.32. The molecule has 0 amide bonds. The van der Waals surface area contributed by atoms with E-state index in [-0.39, 0.29) is 0 Å². The van der Waals surface area contributed by atoms with Crippen LogP contribution in [0.2, 0.25) is 0 Å². The second-order valence-corrected chi connectivity index (χ2v) is 6.45. The summed E-state index contributed by atoms with van der Waals surface area (Å²) < 4.78 is 0. The molecule has 3 heterocycles. The van der Waals surface area contributed by atoms with Crippen LogP contribution in [0.15, 0.2) is 30.6 Å². The average Bonchev–Trinajstić information content (AvgIpc) is 3.26. The van der Waals surface area contributed by atoms with Gasteiger partial charge < -0.3 is 10.7 Å². The van der Waals surface area contributed by atoms with Crippen LogP contribution in [0.5, 0.6) is 0 Å². The summed E-state index contributed by atoms with van der Waals surface area (Å²) in [6.45, 7) is 6.27. The summed E-state index contributed by atoms with van der Waals surface area (Å²) in [5.41, 5.74) is 13.9. The normalized spacial score (nSPS) is 11.3. The van der Waals surface area contributed by atoms with Crippen molar-refractivity contribution in [1.29, 1.82) is 0 Å². The lowest BCUT2D eigenvalue weighted by molar-refractivity contribution is 0.979. The molecule has 0 bridgehead atoms. The molecule has 0 saturated carbocycles. The van der Waals surface area contributed by atoms with Crippen LogP contribution in [-0.4, -0.2) is 25.1 Å². The number of H-pyrrole nitrogens is 2. The summed E-state index contributed by atoms with van der Waals surface area (Å²) >= 11 is 0. The van der Waals surface area contributed by atoms with Crippen molar-refractivity contribution in [3.8, 4) is 22.6 Å². The Hall–Kier alpha value is -3.15. The average molecular weight is 346 g/mol. The Kier molecular flexibility index (Phi) is 3.95. The summed E-state index contributed by atoms with van der Waals surface area (Å²) in [5, 5.41) is 8.64. The van der Waals surface area contributed by atoms with Crippen LogP contribution < -0.4 is 5.73 Å². The quantitative estimate of drug-likeness (QED) is 0.520. The van der Waals surface area contributed by atoms with E-state index in [0.29, 0.717) is 5.69 Å². The molecule has 4 N–H and O–H groups in total. The van der Waals surface area contributed by atoms with Crippen LogP contribution in [-0.2, 0) is 12.8 Å². The summed E-state index contributed by atoms with van der Waals surface area (Å²) in [6, 6.07) is 6.22. The molecular formula is C20H22N6. The molecule has 3 aromatic heterocycles. The van der Waals surface area contributed by atoms with E-state index in [1.165, 1.54) is 5.69 Å². The number of hydrogen-bond acceptors (Lipinski definition) is 4. The number of aromatic amines is 2. The van der Waals surface area contributed by atoms with Crippen molar-refractivity contribution >= 4 is 16.6 Å². The van der Waals surface area contributed by atoms with E-state index < -0.39 is 0 Å². The van der Waals surface area contributed by atoms with Crippen LogP contribution in [0.25, 0.3) is 33.5 Å². The predicted molar refractivity (Wildman–Crippen MR) is 105 cm³/mol. The maximum atomic E-state index is 6.03. The zero-order valence-electron chi connectivity index (χ0n) is 15.2. The molecule has 0 spiro atoms. The van der Waals surface area contributed by atoms with Gasteiger partial charge >= 0.3 is 0 Å². The number of imidazole rings is 1. The molecule has 0 atom stereocenters. The van der Waals surface area contributed by atoms with Gasteiger partial charge in [0.05, 0.1) is 23.1 Å². The minimum atomic E-state index is 0.696. The van der Waals surface area contributed by atoms with Gasteiger partial charge in [0.25, 0.3) is 0 Å². The number of pyridine rings is 1. The molecule has 4 aromatic rings. The molecular weight excluding hydrogens is 324 g/mol. The Morgan fingerprint density at radius 2 is 1.96 bits per heavy atom. The van der Waals surface area contributed by atoms with E-state index >= 15 is 0 Å². The van der Waals surface area contributed by atoms with Crippen LogP contribution in [0.1, 0.15) is 30.8 Å². The van der Waals surface area contributed by atoms with Crippen molar-refractivity contribution in [2.45, 2.75) is 33.6 Å². The van der Waals surface area contributed by atoms with Crippen molar-refractivity contribution in [1.82, 2.24) is 25.1 Å². The minimum absolute atomic E-state index is 0.696. The number of nitrogens with zero attached hydrogens (tertiary/aromatic N) is 3. The third kappa shape index (κ3) is 2.54. The fraction of sp³-hybridized carbons (Fsp3) is 0.250. The predicted octanol–water partition coefficient (Wildman–Crippen LogP) is 4.03. The lowest BCUT2D eigenvalue weighted by Crippen LogP contribution is -1.94. The minimum Gasteiger partial charge on any atom is -0.397 e. The number of rotatable bonds is 4. The van der Waals surface area contributed by atoms with Gasteiger partial charge in [-0.05, 0) is 43.0 Å². The first kappa shape index (κ1) is 16.3. The van der Waals surface area contributed by atoms with Crippen molar-refractivity contribution in [3.63, 3.8) is 0 Å². The third-order valence-corrected chi connectivity index (χ3v) is 4.91. The van der Waals surface area contributed by atoms with Gasteiger partial charge in [-0.25, -0.2) is 4.98 Å². The second kappa shape index (κ2) is 6.29. The molecule has 132 valence electrons. The van der Waals surface area contributed by atoms with E-state index in [4.69, 9.17) is 10.7 Å². The van der Waals surface area contributed by atoms with Crippen molar-refractivity contribution in [3.05, 3.63) is 47.5 Å². The van der Waals surface area contributed by atoms with Gasteiger partial charge in [0.2, 0.25) is 0 Å². The van der Waals surface area contributed by atoms with E-state index in [1.54, 1.807) is 6.20 Å². The largest absolute Gasteiger partial charge is 0.397 e. The molecule has 0 unspecified atom stereocenters. The van der Waals surface area contributed by atoms with Gasteiger partial charge in [0.15, 0.2) is 5.82 Å². The second-order valence-electron chi connectivity index (χ2n) is 6.45. The van der Waals surface area contributed by atoms with Gasteiger partial charge in [-0.15, -0.1) is 0 Å². The van der Waals surface area contributed by atoms with Crippen LogP contribution in [0.4, 0.5) is 5.69 Å². The van der Waals surface area contributed by atoms with E-state index in [1.807, 2.05) is 19.2 Å². The zero-order chi connectivity index (χ0) is 18.3. The van der Waals surface area contributed by atoms with Crippen molar-refractivity contribution < 1.29 is 0 Å². The van der Waals surface area contributed by atoms with E-state index in [0.717, 1.165) is 57.6 Å². The third-order valence-electron chi connectivity index (χ3n) is 4.91. The number of anilines is 1. The Morgan fingerprint density at radius 3 is 2.69 bits per heavy atom. The van der Waals surface area contributed by atoms with Gasteiger partial charge in [-0.3, -0.25) is 10.1 Å². The maximum absolute atomic E-state index is 6.03. The molecule has 0 saturated heterocycles. The van der Waals surface area contributed by atoms with Crippen molar-refractivity contribution in [2.75, 3.05) is 5.73 Å². The maximum Gasteiger partial charge on any atom is 0.159 e. The molecule has 0 radical (unpaired) electrons. The Balaban J connectivity index is 1.88. The number of aryl methyl sites for hydroxylation is 2. The Labute approximate surface area is 151 Å². The topological polar surface area (TPSA) is 96.3 Å². The molecule has 6 nitrogen and oxygen atoms in total. The molecule has 26 heavy (non-hydrogen) atoms. The molecule has 6 heteroatoms. The van der Waals surface area contributed by atoms with Gasteiger partial charge in [0.1, 0.15) is 5.69 Å². The van der Waals surface area contributed by atoms with Gasteiger partial charge in [-0.1, -0.05) is 19.9 Å². The molecule has 0 aliphatic rings. The fourth-order valence-electron chi connectivity index (χ4n) is 3.34. The Morgan fingerprint density at radius 1 is 1.12 bits per heavy atom. The van der Waals surface area contributed by atoms with E-state index in [2.05, 4.69) is 46.1 Å². The number of hydrogen-bond donors (Lipinski definition) is 3. The molecule has 0 aliphatic heterocycles. The summed E-state index contributed by atoms with van der Waals surface area (Å²) in [4.78, 5) is 12.4. The smallest absolute Gasteiger partial charge is 0.159 e. The highest BCUT2D eigenvalue weighted by atomic mass is 15.1. The number of aromatic nitrogens is 5. The SMILES string of the molecule is CCc1nc(-c2n[nH]c3ccc(-c4cncc(N)c4C)cc23)[nH]c1CC.